The molecule has 0 aliphatic carbocycles. The zero-order chi connectivity index (χ0) is 14.6. The van der Waals surface area contributed by atoms with Gasteiger partial charge in [-0.15, -0.1) is 0 Å². The van der Waals surface area contributed by atoms with Crippen molar-refractivity contribution < 1.29 is 8.42 Å². The molecule has 6 heteroatoms. The molecular formula is C14H17N3O2S. The number of pyridine rings is 1. The van der Waals surface area contributed by atoms with Crippen molar-refractivity contribution in [3.8, 4) is 0 Å². The Morgan fingerprint density at radius 3 is 2.65 bits per heavy atom. The Morgan fingerprint density at radius 2 is 2.00 bits per heavy atom. The zero-order valence-corrected chi connectivity index (χ0v) is 12.2. The number of anilines is 1. The highest BCUT2D eigenvalue weighted by atomic mass is 32.2. The molecule has 1 aromatic heterocycles. The third-order valence-corrected chi connectivity index (χ3v) is 4.29. The minimum absolute atomic E-state index is 0.243. The lowest BCUT2D eigenvalue weighted by molar-refractivity contribution is 0.588. The van der Waals surface area contributed by atoms with Gasteiger partial charge < -0.3 is 5.32 Å². The Morgan fingerprint density at radius 1 is 1.20 bits per heavy atom. The van der Waals surface area contributed by atoms with Crippen LogP contribution >= 0.6 is 0 Å². The highest BCUT2D eigenvalue weighted by Crippen LogP contribution is 2.15. The number of rotatable bonds is 5. The van der Waals surface area contributed by atoms with Crippen LogP contribution in [0, 0.1) is 6.92 Å². The molecule has 0 spiro atoms. The first-order chi connectivity index (χ1) is 9.51. The van der Waals surface area contributed by atoms with Crippen LogP contribution in [-0.4, -0.2) is 20.4 Å². The number of benzene rings is 1. The van der Waals surface area contributed by atoms with Crippen LogP contribution in [-0.2, 0) is 16.6 Å². The summed E-state index contributed by atoms with van der Waals surface area (Å²) in [7, 11) is -2.02. The average Bonchev–Trinajstić information content (AvgIpc) is 2.47. The molecule has 0 atom stereocenters. The van der Waals surface area contributed by atoms with Crippen LogP contribution in [0.3, 0.4) is 0 Å². The van der Waals surface area contributed by atoms with Crippen LogP contribution in [0.5, 0.6) is 0 Å². The highest BCUT2D eigenvalue weighted by molar-refractivity contribution is 7.89. The minimum Gasteiger partial charge on any atom is -0.381 e. The Balaban J connectivity index is 2.11. The second kappa shape index (κ2) is 6.02. The number of sulfonamides is 1. The van der Waals surface area contributed by atoms with E-state index in [1.165, 1.54) is 7.05 Å². The van der Waals surface area contributed by atoms with Crippen molar-refractivity contribution in [3.05, 3.63) is 53.9 Å². The average molecular weight is 291 g/mol. The summed E-state index contributed by atoms with van der Waals surface area (Å²) in [5.41, 5.74) is 2.76. The van der Waals surface area contributed by atoms with E-state index < -0.39 is 10.0 Å². The standard InChI is InChI=1S/C14H17N3O2S/c1-11-6-7-12(9-16-11)10-17-13-4-3-5-14(8-13)20(18,19)15-2/h3-9,15,17H,10H2,1-2H3. The zero-order valence-electron chi connectivity index (χ0n) is 11.4. The van der Waals surface area contributed by atoms with Gasteiger partial charge in [-0.3, -0.25) is 4.98 Å². The van der Waals surface area contributed by atoms with Gasteiger partial charge in [-0.05, 0) is 43.8 Å². The van der Waals surface area contributed by atoms with E-state index in [1.807, 2.05) is 25.1 Å². The van der Waals surface area contributed by atoms with Crippen LogP contribution in [0.2, 0.25) is 0 Å². The lowest BCUT2D eigenvalue weighted by atomic mass is 10.2. The summed E-state index contributed by atoms with van der Waals surface area (Å²) in [6, 6.07) is 10.6. The maximum absolute atomic E-state index is 11.7. The van der Waals surface area contributed by atoms with Crippen molar-refractivity contribution in [2.45, 2.75) is 18.4 Å². The molecule has 0 saturated heterocycles. The van der Waals surface area contributed by atoms with Gasteiger partial charge in [-0.2, -0.15) is 0 Å². The molecule has 0 fully saturated rings. The quantitative estimate of drug-likeness (QED) is 0.883. The van der Waals surface area contributed by atoms with Crippen LogP contribution < -0.4 is 10.0 Å². The summed E-state index contributed by atoms with van der Waals surface area (Å²) in [6.07, 6.45) is 1.80. The normalized spacial score (nSPS) is 11.3. The summed E-state index contributed by atoms with van der Waals surface area (Å²) < 4.78 is 25.7. The first-order valence-electron chi connectivity index (χ1n) is 6.20. The first kappa shape index (κ1) is 14.5. The van der Waals surface area contributed by atoms with Crippen LogP contribution in [0.4, 0.5) is 5.69 Å². The molecule has 0 saturated carbocycles. The summed E-state index contributed by atoms with van der Waals surface area (Å²) in [5, 5.41) is 3.18. The second-order valence-electron chi connectivity index (χ2n) is 4.40. The summed E-state index contributed by atoms with van der Waals surface area (Å²) in [4.78, 5) is 4.46. The molecule has 0 unspecified atom stereocenters. The number of nitrogens with one attached hydrogen (secondary N) is 2. The lowest BCUT2D eigenvalue weighted by Crippen LogP contribution is -2.18. The molecular weight excluding hydrogens is 274 g/mol. The molecule has 5 nitrogen and oxygen atoms in total. The lowest BCUT2D eigenvalue weighted by Gasteiger charge is -2.08. The molecule has 0 radical (unpaired) electrons. The number of nitrogens with zero attached hydrogens (tertiary/aromatic N) is 1. The number of aromatic nitrogens is 1. The summed E-state index contributed by atoms with van der Waals surface area (Å²) in [5.74, 6) is 0. The number of aryl methyl sites for hydroxylation is 1. The molecule has 2 rings (SSSR count). The van der Waals surface area contributed by atoms with Gasteiger partial charge in [0, 0.05) is 24.1 Å². The van der Waals surface area contributed by atoms with Gasteiger partial charge in [0.15, 0.2) is 0 Å². The van der Waals surface area contributed by atoms with E-state index in [0.29, 0.717) is 6.54 Å². The van der Waals surface area contributed by atoms with Gasteiger partial charge in [0.2, 0.25) is 10.0 Å². The van der Waals surface area contributed by atoms with Gasteiger partial charge >= 0.3 is 0 Å². The third kappa shape index (κ3) is 3.55. The minimum atomic E-state index is -3.41. The van der Waals surface area contributed by atoms with Crippen LogP contribution in [0.15, 0.2) is 47.5 Å². The molecule has 0 aliphatic heterocycles. The van der Waals surface area contributed by atoms with Gasteiger partial charge in [-0.1, -0.05) is 12.1 Å². The second-order valence-corrected chi connectivity index (χ2v) is 6.28. The van der Waals surface area contributed by atoms with Crippen molar-refractivity contribution >= 4 is 15.7 Å². The molecule has 1 heterocycles. The van der Waals surface area contributed by atoms with E-state index in [9.17, 15) is 8.42 Å². The van der Waals surface area contributed by atoms with Crippen molar-refractivity contribution in [1.29, 1.82) is 0 Å². The summed E-state index contributed by atoms with van der Waals surface area (Å²) >= 11 is 0. The van der Waals surface area contributed by atoms with Crippen LogP contribution in [0.1, 0.15) is 11.3 Å². The predicted molar refractivity (Wildman–Crippen MR) is 79.0 cm³/mol. The van der Waals surface area contributed by atoms with Gasteiger partial charge in [0.25, 0.3) is 0 Å². The fourth-order valence-corrected chi connectivity index (χ4v) is 2.47. The van der Waals surface area contributed by atoms with Crippen molar-refractivity contribution in [2.24, 2.45) is 0 Å². The SMILES string of the molecule is CNS(=O)(=O)c1cccc(NCc2ccc(C)nc2)c1. The third-order valence-electron chi connectivity index (χ3n) is 2.88. The highest BCUT2D eigenvalue weighted by Gasteiger charge is 2.11. The van der Waals surface area contributed by atoms with Crippen LogP contribution in [0.25, 0.3) is 0 Å². The van der Waals surface area contributed by atoms with Gasteiger partial charge in [0.05, 0.1) is 4.90 Å². The first-order valence-corrected chi connectivity index (χ1v) is 7.68. The molecule has 2 aromatic rings. The molecule has 1 aromatic carbocycles. The fraction of sp³-hybridized carbons (Fsp3) is 0.214. The number of hydrogen-bond acceptors (Lipinski definition) is 4. The smallest absolute Gasteiger partial charge is 0.240 e. The number of hydrogen-bond donors (Lipinski definition) is 2. The van der Waals surface area contributed by atoms with E-state index >= 15 is 0 Å². The molecule has 0 bridgehead atoms. The molecule has 20 heavy (non-hydrogen) atoms. The Hall–Kier alpha value is -1.92. The van der Waals surface area contributed by atoms with Gasteiger partial charge in [0.1, 0.15) is 0 Å². The topological polar surface area (TPSA) is 71.1 Å². The van der Waals surface area contributed by atoms with Crippen molar-refractivity contribution in [2.75, 3.05) is 12.4 Å². The fourth-order valence-electron chi connectivity index (χ4n) is 1.70. The van der Waals surface area contributed by atoms with E-state index in [-0.39, 0.29) is 4.90 Å². The Kier molecular flexibility index (Phi) is 4.36. The molecule has 0 amide bonds. The van der Waals surface area contributed by atoms with E-state index in [0.717, 1.165) is 16.9 Å². The van der Waals surface area contributed by atoms with E-state index in [4.69, 9.17) is 0 Å². The monoisotopic (exact) mass is 291 g/mol. The maximum atomic E-state index is 11.7. The van der Waals surface area contributed by atoms with E-state index in [1.54, 1.807) is 24.4 Å². The Labute approximate surface area is 119 Å². The van der Waals surface area contributed by atoms with Crippen molar-refractivity contribution in [1.82, 2.24) is 9.71 Å². The van der Waals surface area contributed by atoms with Gasteiger partial charge in [-0.25, -0.2) is 13.1 Å². The predicted octanol–water partition coefficient (Wildman–Crippen LogP) is 1.91. The van der Waals surface area contributed by atoms with E-state index in [2.05, 4.69) is 15.0 Å². The molecule has 0 aliphatic rings. The Bertz CT molecular complexity index is 682. The maximum Gasteiger partial charge on any atom is 0.240 e. The molecule has 106 valence electrons. The summed E-state index contributed by atoms with van der Waals surface area (Å²) in [6.45, 7) is 2.53. The molecule has 2 N–H and O–H groups in total. The van der Waals surface area contributed by atoms with Crippen molar-refractivity contribution in [3.63, 3.8) is 0 Å². The largest absolute Gasteiger partial charge is 0.381 e.